The standard InChI is InChI=1S/2Al.3H2O4S.2H2O3Si/c;;3*1-5(2,3)4;2*1-4(2)3/h;;3*(H2,1,2,3,4);2*1-2H/q2*+3;;;;;/p-6. The number of hydrogen-bond acceptors (Lipinski definition) is 14. The molecule has 0 amide bonds. The van der Waals surface area contributed by atoms with Crippen LogP contribution in [0.4, 0.5) is 0 Å². The summed E-state index contributed by atoms with van der Waals surface area (Å²) in [6.07, 6.45) is 0. The van der Waals surface area contributed by atoms with Crippen LogP contribution in [-0.4, -0.2) is 125 Å². The minimum Gasteiger partial charge on any atom is -0.759 e. The predicted octanol–water partition coefficient (Wildman–Crippen LogP) is -8.00. The first-order valence-corrected chi connectivity index (χ1v) is 9.91. The van der Waals surface area contributed by atoms with Crippen LogP contribution in [0.15, 0.2) is 0 Å². The zero-order valence-electron chi connectivity index (χ0n) is 10.9. The van der Waals surface area contributed by atoms with Crippen LogP contribution in [0.3, 0.4) is 0 Å². The molecule has 0 fully saturated rings. The summed E-state index contributed by atoms with van der Waals surface area (Å²) in [7, 11) is -21.8. The monoisotopic (exact) mass is 498 g/mol. The normalized spacial score (nSPS) is 8.88. The van der Waals surface area contributed by atoms with Gasteiger partial charge in [-0.05, 0) is 0 Å². The molecule has 0 rings (SSSR count). The van der Waals surface area contributed by atoms with E-state index in [0.717, 1.165) is 0 Å². The van der Waals surface area contributed by atoms with E-state index in [4.69, 9.17) is 80.7 Å². The van der Waals surface area contributed by atoms with Crippen molar-refractivity contribution in [3.05, 3.63) is 0 Å². The molecule has 0 radical (unpaired) electrons. The van der Waals surface area contributed by atoms with Gasteiger partial charge in [0.25, 0.3) is 0 Å². The molecule has 0 heterocycles. The first-order valence-electron chi connectivity index (χ1n) is 3.30. The molecule has 0 aliphatic carbocycles. The van der Waals surface area contributed by atoms with Crippen molar-refractivity contribution in [2.75, 3.05) is 0 Å². The Bertz CT molecular complexity index is 496. The third kappa shape index (κ3) is 1380000. The van der Waals surface area contributed by atoms with Crippen LogP contribution >= 0.6 is 0 Å². The Hall–Kier alpha value is -0.0913. The maximum Gasteiger partial charge on any atom is 3.00 e. The van der Waals surface area contributed by atoms with Gasteiger partial charge in [-0.3, -0.25) is 34.2 Å². The molecule has 0 unspecified atom stereocenters. The van der Waals surface area contributed by atoms with Crippen molar-refractivity contribution in [1.82, 2.24) is 0 Å². The molecular formula is H4Al2O18S3Si2. The van der Waals surface area contributed by atoms with Crippen molar-refractivity contribution in [1.29, 1.82) is 0 Å². The zero-order chi connectivity index (χ0) is 20.7. The summed E-state index contributed by atoms with van der Waals surface area (Å²) in [6.45, 7) is 0. The number of rotatable bonds is 0. The molecule has 0 aromatic rings. The van der Waals surface area contributed by atoms with E-state index < -0.39 is 49.5 Å². The summed E-state index contributed by atoms with van der Waals surface area (Å²) in [6, 6.07) is 0. The quantitative estimate of drug-likeness (QED) is 0.137. The Morgan fingerprint density at radius 3 is 0.480 bits per heavy atom. The minimum atomic E-state index is -5.17. The Labute approximate surface area is 164 Å². The average molecular weight is 498 g/mol. The Balaban J connectivity index is -0.0000000319. The van der Waals surface area contributed by atoms with Gasteiger partial charge in [0.05, 0.1) is 0 Å². The SMILES string of the molecule is O=S(=O)([O-])[O-].O=S(=O)([O-])[O-].O=S(=O)([O-])[O-].O=[Si](O)O.O=[Si](O)O.[Al+3].[Al+3]. The summed E-state index contributed by atoms with van der Waals surface area (Å²) in [5.74, 6) is 0. The van der Waals surface area contributed by atoms with Gasteiger partial charge in [0.1, 0.15) is 0 Å². The fourth-order valence-electron chi connectivity index (χ4n) is 0. The number of hydrogen-bond donors (Lipinski definition) is 4. The first kappa shape index (κ1) is 44.4. The fraction of sp³-hybridized carbons (Fsp3) is 0. The maximum atomic E-state index is 8.74. The summed E-state index contributed by atoms with van der Waals surface area (Å²) in [5.41, 5.74) is 0. The van der Waals surface area contributed by atoms with Crippen molar-refractivity contribution in [3.63, 3.8) is 0 Å². The van der Waals surface area contributed by atoms with Gasteiger partial charge in [0.15, 0.2) is 0 Å². The van der Waals surface area contributed by atoms with Crippen molar-refractivity contribution in [3.8, 4) is 0 Å². The van der Waals surface area contributed by atoms with Crippen LogP contribution < -0.4 is 0 Å². The molecule has 0 aliphatic rings. The Morgan fingerprint density at radius 2 is 0.480 bits per heavy atom. The molecule has 25 heavy (non-hydrogen) atoms. The van der Waals surface area contributed by atoms with Gasteiger partial charge in [-0.25, -0.2) is 0 Å². The third-order valence-corrected chi connectivity index (χ3v) is 0. The van der Waals surface area contributed by atoms with Crippen LogP contribution in [0.25, 0.3) is 0 Å². The smallest absolute Gasteiger partial charge is 0.759 e. The van der Waals surface area contributed by atoms with Gasteiger partial charge in [-0.2, -0.15) is 0 Å². The molecule has 0 atom stereocenters. The molecule has 4 N–H and O–H groups in total. The first-order chi connectivity index (χ1) is 9.46. The molecule has 0 saturated heterocycles. The molecule has 25 heteroatoms. The largest absolute Gasteiger partial charge is 3.00 e. The van der Waals surface area contributed by atoms with E-state index in [1.54, 1.807) is 0 Å². The summed E-state index contributed by atoms with van der Waals surface area (Å²) in [5, 5.41) is 0. The van der Waals surface area contributed by atoms with Crippen LogP contribution in [0.5, 0.6) is 0 Å². The summed E-state index contributed by atoms with van der Waals surface area (Å²) in [4.78, 5) is 28.6. The van der Waals surface area contributed by atoms with E-state index in [2.05, 4.69) is 0 Å². The van der Waals surface area contributed by atoms with Crippen LogP contribution in [0, 0.1) is 0 Å². The van der Waals surface area contributed by atoms with E-state index >= 15 is 0 Å². The van der Waals surface area contributed by atoms with Crippen molar-refractivity contribution in [2.45, 2.75) is 0 Å². The second kappa shape index (κ2) is 22.0. The molecule has 0 spiro atoms. The molecule has 144 valence electrons. The molecule has 0 aliphatic heterocycles. The molecule has 0 aromatic heterocycles. The van der Waals surface area contributed by atoms with E-state index in [1.165, 1.54) is 0 Å². The van der Waals surface area contributed by atoms with Gasteiger partial charge < -0.3 is 46.5 Å². The van der Waals surface area contributed by atoms with Crippen LogP contribution in [0.2, 0.25) is 0 Å². The molecule has 0 bridgehead atoms. The van der Waals surface area contributed by atoms with Gasteiger partial charge in [-0.15, -0.1) is 0 Å². The van der Waals surface area contributed by atoms with E-state index in [-0.39, 0.29) is 34.7 Å². The van der Waals surface area contributed by atoms with Gasteiger partial charge >= 0.3 is 53.1 Å². The zero-order valence-corrected chi connectivity index (χ0v) is 17.6. The van der Waals surface area contributed by atoms with Gasteiger partial charge in [0, 0.05) is 31.2 Å². The Kier molecular flexibility index (Phi) is 39.0. The van der Waals surface area contributed by atoms with E-state index in [9.17, 15) is 0 Å². The van der Waals surface area contributed by atoms with Crippen molar-refractivity contribution in [2.24, 2.45) is 0 Å². The fourth-order valence-corrected chi connectivity index (χ4v) is 0. The minimum absolute atomic E-state index is 0. The average Bonchev–Trinajstić information content (AvgIpc) is 1.85. The second-order valence-electron chi connectivity index (χ2n) is 1.79. The van der Waals surface area contributed by atoms with Crippen LogP contribution in [0.1, 0.15) is 0 Å². The van der Waals surface area contributed by atoms with Crippen molar-refractivity contribution < 1.29 is 80.7 Å². The molecule has 0 saturated carbocycles. The second-order valence-corrected chi connectivity index (χ2v) is 5.37. The topological polar surface area (TPSA) is 356 Å². The molecule has 18 nitrogen and oxygen atoms in total. The molecule has 0 aromatic carbocycles. The van der Waals surface area contributed by atoms with Crippen molar-refractivity contribution >= 4 is 84.3 Å². The van der Waals surface area contributed by atoms with E-state index in [0.29, 0.717) is 0 Å². The predicted molar refractivity (Wildman–Crippen MR) is 64.7 cm³/mol. The van der Waals surface area contributed by atoms with E-state index in [1.807, 2.05) is 0 Å². The third-order valence-electron chi connectivity index (χ3n) is 0. The van der Waals surface area contributed by atoms with Gasteiger partial charge in [0.2, 0.25) is 0 Å². The molecular weight excluding hydrogens is 494 g/mol. The summed E-state index contributed by atoms with van der Waals surface area (Å²) >= 11 is 0. The van der Waals surface area contributed by atoms with Gasteiger partial charge in [-0.1, -0.05) is 0 Å². The van der Waals surface area contributed by atoms with Crippen LogP contribution in [-0.2, 0) is 40.1 Å². The Morgan fingerprint density at radius 1 is 0.480 bits per heavy atom. The summed E-state index contributed by atoms with van der Waals surface area (Å²) < 4.78 is 120. The maximum absolute atomic E-state index is 8.74.